The van der Waals surface area contributed by atoms with E-state index in [4.69, 9.17) is 11.0 Å². The van der Waals surface area contributed by atoms with Gasteiger partial charge in [0.15, 0.2) is 5.82 Å². The zero-order chi connectivity index (χ0) is 20.1. The molecule has 28 heavy (non-hydrogen) atoms. The second kappa shape index (κ2) is 8.20. The van der Waals surface area contributed by atoms with Crippen LogP contribution in [0, 0.1) is 18.3 Å². The van der Waals surface area contributed by atoms with Gasteiger partial charge in [-0.25, -0.2) is 9.78 Å². The minimum absolute atomic E-state index is 0.0592. The third kappa shape index (κ3) is 3.92. The van der Waals surface area contributed by atoms with Gasteiger partial charge in [0.1, 0.15) is 0 Å². The van der Waals surface area contributed by atoms with Crippen LogP contribution in [-0.4, -0.2) is 39.0 Å². The highest BCUT2D eigenvalue weighted by molar-refractivity contribution is 5.89. The van der Waals surface area contributed by atoms with E-state index in [0.717, 1.165) is 5.56 Å². The molecule has 5 N–H and O–H groups in total. The summed E-state index contributed by atoms with van der Waals surface area (Å²) in [6.45, 7) is 2.50. The van der Waals surface area contributed by atoms with Gasteiger partial charge < -0.3 is 21.5 Å². The molecule has 142 valence electrons. The van der Waals surface area contributed by atoms with Crippen molar-refractivity contribution in [3.8, 4) is 28.9 Å². The van der Waals surface area contributed by atoms with Crippen molar-refractivity contribution < 1.29 is 9.90 Å². The molecule has 0 aliphatic heterocycles. The Morgan fingerprint density at radius 1 is 1.29 bits per heavy atom. The summed E-state index contributed by atoms with van der Waals surface area (Å²) in [5.74, 6) is 0.338. The fraction of sp³-hybridized carbons (Fsp3) is 0.158. The molecule has 3 aromatic rings. The van der Waals surface area contributed by atoms with Gasteiger partial charge in [0.2, 0.25) is 5.88 Å². The summed E-state index contributed by atoms with van der Waals surface area (Å²) in [7, 11) is 0. The number of urea groups is 1. The number of nitrogens with zero attached hydrogens (tertiary/aromatic N) is 4. The number of nitriles is 1. The zero-order valence-electron chi connectivity index (χ0n) is 15.2. The molecule has 9 heteroatoms. The Morgan fingerprint density at radius 2 is 2.04 bits per heavy atom. The number of carbonyl (C=O) groups is 1. The summed E-state index contributed by atoms with van der Waals surface area (Å²) < 4.78 is 1.32. The van der Waals surface area contributed by atoms with E-state index in [2.05, 4.69) is 26.8 Å². The number of aryl methyl sites for hydroxylation is 1. The summed E-state index contributed by atoms with van der Waals surface area (Å²) >= 11 is 0. The van der Waals surface area contributed by atoms with Gasteiger partial charge in [-0.05, 0) is 36.8 Å². The fourth-order valence-corrected chi connectivity index (χ4v) is 2.67. The van der Waals surface area contributed by atoms with Crippen molar-refractivity contribution >= 4 is 11.7 Å². The second-order valence-corrected chi connectivity index (χ2v) is 5.96. The summed E-state index contributed by atoms with van der Waals surface area (Å²) in [5, 5.41) is 29.2. The molecule has 0 bridgehead atoms. The van der Waals surface area contributed by atoms with Crippen LogP contribution < -0.4 is 16.4 Å². The minimum Gasteiger partial charge on any atom is -0.493 e. The number of amides is 2. The smallest absolute Gasteiger partial charge is 0.319 e. The van der Waals surface area contributed by atoms with Gasteiger partial charge in [0, 0.05) is 13.1 Å². The standard InChI is InChI=1S/C19H19N7O2/c1-12-17(14-4-2-13(10-21)3-5-14)18(27)26(25-12)16-7-6-15(11-23-16)24-19(28)22-9-8-20/h2-7,11,27H,8-9,20H2,1H3,(H2,22,24,28). The van der Waals surface area contributed by atoms with Gasteiger partial charge in [0.25, 0.3) is 0 Å². The topological polar surface area (TPSA) is 142 Å². The van der Waals surface area contributed by atoms with Crippen LogP contribution in [0.3, 0.4) is 0 Å². The van der Waals surface area contributed by atoms with E-state index in [0.29, 0.717) is 41.4 Å². The molecule has 0 atom stereocenters. The lowest BCUT2D eigenvalue weighted by atomic mass is 10.0. The number of benzene rings is 1. The average Bonchev–Trinajstić information content (AvgIpc) is 3.01. The minimum atomic E-state index is -0.374. The monoisotopic (exact) mass is 377 g/mol. The van der Waals surface area contributed by atoms with Crippen LogP contribution in [-0.2, 0) is 0 Å². The Balaban J connectivity index is 1.84. The molecule has 0 spiro atoms. The Kier molecular flexibility index (Phi) is 5.53. The van der Waals surface area contributed by atoms with Crippen LogP contribution in [0.4, 0.5) is 10.5 Å². The predicted molar refractivity (Wildman–Crippen MR) is 104 cm³/mol. The maximum Gasteiger partial charge on any atom is 0.319 e. The van der Waals surface area contributed by atoms with Crippen LogP contribution in [0.5, 0.6) is 5.88 Å². The summed E-state index contributed by atoms with van der Waals surface area (Å²) in [4.78, 5) is 15.9. The molecule has 3 rings (SSSR count). The van der Waals surface area contributed by atoms with E-state index >= 15 is 0 Å². The van der Waals surface area contributed by atoms with Crippen LogP contribution in [0.1, 0.15) is 11.3 Å². The number of aromatic hydroxyl groups is 1. The van der Waals surface area contributed by atoms with Crippen LogP contribution in [0.25, 0.3) is 16.9 Å². The Labute approximate surface area is 161 Å². The molecule has 0 unspecified atom stereocenters. The van der Waals surface area contributed by atoms with Crippen molar-refractivity contribution in [2.24, 2.45) is 5.73 Å². The SMILES string of the molecule is Cc1nn(-c2ccc(NC(=O)NCCN)cn2)c(O)c1-c1ccc(C#N)cc1. The van der Waals surface area contributed by atoms with Crippen molar-refractivity contribution in [3.05, 3.63) is 53.9 Å². The van der Waals surface area contributed by atoms with E-state index in [1.807, 2.05) is 0 Å². The molecule has 0 aliphatic rings. The first-order valence-electron chi connectivity index (χ1n) is 8.54. The van der Waals surface area contributed by atoms with Gasteiger partial charge in [-0.3, -0.25) is 0 Å². The number of carbonyl (C=O) groups excluding carboxylic acids is 1. The molecule has 2 amide bonds. The quantitative estimate of drug-likeness (QED) is 0.535. The lowest BCUT2D eigenvalue weighted by Gasteiger charge is -2.07. The zero-order valence-corrected chi connectivity index (χ0v) is 15.2. The van der Waals surface area contributed by atoms with Gasteiger partial charge in [-0.1, -0.05) is 12.1 Å². The van der Waals surface area contributed by atoms with Crippen LogP contribution >= 0.6 is 0 Å². The van der Waals surface area contributed by atoms with E-state index < -0.39 is 0 Å². The first-order chi connectivity index (χ1) is 13.5. The number of hydrogen-bond acceptors (Lipinski definition) is 6. The van der Waals surface area contributed by atoms with E-state index in [9.17, 15) is 9.90 Å². The highest BCUT2D eigenvalue weighted by Crippen LogP contribution is 2.34. The number of nitrogens with two attached hydrogens (primary N) is 1. The molecule has 0 aliphatic carbocycles. The maximum absolute atomic E-state index is 11.6. The molecule has 2 aromatic heterocycles. The second-order valence-electron chi connectivity index (χ2n) is 5.96. The summed E-state index contributed by atoms with van der Waals surface area (Å²) in [6, 6.07) is 11.8. The Hall–Kier alpha value is -3.90. The van der Waals surface area contributed by atoms with Gasteiger partial charge in [-0.2, -0.15) is 15.0 Å². The van der Waals surface area contributed by atoms with Crippen molar-refractivity contribution in [3.63, 3.8) is 0 Å². The maximum atomic E-state index is 11.6. The average molecular weight is 377 g/mol. The summed E-state index contributed by atoms with van der Waals surface area (Å²) in [5.41, 5.74) is 8.29. The van der Waals surface area contributed by atoms with Gasteiger partial charge >= 0.3 is 6.03 Å². The fourth-order valence-electron chi connectivity index (χ4n) is 2.67. The normalized spacial score (nSPS) is 10.3. The number of anilines is 1. The van der Waals surface area contributed by atoms with E-state index in [1.54, 1.807) is 43.3 Å². The number of aromatic nitrogens is 3. The van der Waals surface area contributed by atoms with Crippen molar-refractivity contribution in [1.82, 2.24) is 20.1 Å². The lowest BCUT2D eigenvalue weighted by Crippen LogP contribution is -2.32. The van der Waals surface area contributed by atoms with Crippen LogP contribution in [0.15, 0.2) is 42.6 Å². The number of pyridine rings is 1. The van der Waals surface area contributed by atoms with Gasteiger partial charge in [0.05, 0.1) is 34.8 Å². The molecule has 0 saturated heterocycles. The van der Waals surface area contributed by atoms with Crippen molar-refractivity contribution in [2.45, 2.75) is 6.92 Å². The predicted octanol–water partition coefficient (Wildman–Crippen LogP) is 1.90. The van der Waals surface area contributed by atoms with Crippen LogP contribution in [0.2, 0.25) is 0 Å². The highest BCUT2D eigenvalue weighted by atomic mass is 16.3. The molecule has 0 fully saturated rings. The molecule has 0 radical (unpaired) electrons. The van der Waals surface area contributed by atoms with Gasteiger partial charge in [-0.15, -0.1) is 0 Å². The third-order valence-electron chi connectivity index (χ3n) is 3.99. The number of rotatable bonds is 5. The summed E-state index contributed by atoms with van der Waals surface area (Å²) in [6.07, 6.45) is 1.47. The molecule has 1 aromatic carbocycles. The first kappa shape index (κ1) is 18.9. The van der Waals surface area contributed by atoms with E-state index in [1.165, 1.54) is 10.9 Å². The molecule has 2 heterocycles. The Bertz CT molecular complexity index is 1020. The lowest BCUT2D eigenvalue weighted by molar-refractivity contribution is 0.252. The number of nitrogens with one attached hydrogen (secondary N) is 2. The largest absolute Gasteiger partial charge is 0.493 e. The van der Waals surface area contributed by atoms with Crippen molar-refractivity contribution in [1.29, 1.82) is 5.26 Å². The molecular formula is C19H19N7O2. The third-order valence-corrected chi connectivity index (χ3v) is 3.99. The number of hydrogen-bond donors (Lipinski definition) is 4. The van der Waals surface area contributed by atoms with Crippen molar-refractivity contribution in [2.75, 3.05) is 18.4 Å². The highest BCUT2D eigenvalue weighted by Gasteiger charge is 2.18. The first-order valence-corrected chi connectivity index (χ1v) is 8.54. The molecule has 9 nitrogen and oxygen atoms in total. The Morgan fingerprint density at radius 3 is 2.64 bits per heavy atom. The molecular weight excluding hydrogens is 358 g/mol. The van der Waals surface area contributed by atoms with E-state index in [-0.39, 0.29) is 11.9 Å². The molecule has 0 saturated carbocycles.